The zero-order valence-electron chi connectivity index (χ0n) is 17.9. The molecule has 2 aromatic carbocycles. The van der Waals surface area contributed by atoms with Gasteiger partial charge in [0.25, 0.3) is 11.8 Å². The number of likely N-dealkylation sites (tertiary alicyclic amines) is 1. The second-order valence-corrected chi connectivity index (χ2v) is 8.12. The Kier molecular flexibility index (Phi) is 6.65. The van der Waals surface area contributed by atoms with Crippen LogP contribution in [0.2, 0.25) is 0 Å². The van der Waals surface area contributed by atoms with E-state index in [1.54, 1.807) is 0 Å². The van der Waals surface area contributed by atoms with Crippen LogP contribution in [0.25, 0.3) is 0 Å². The standard InChI is InChI=1S/C25H29N3O3/c1-2-15-28(25(30)23-18-22(26-31-23)19-9-5-3-6-10-19)21-13-16-27(17-14-21)24(29)20-11-7-4-8-12-20/h3-12,21,23H,2,13-18H2,1H3. The van der Waals surface area contributed by atoms with E-state index in [4.69, 9.17) is 4.84 Å². The van der Waals surface area contributed by atoms with E-state index in [2.05, 4.69) is 12.1 Å². The number of rotatable bonds is 6. The van der Waals surface area contributed by atoms with Gasteiger partial charge in [-0.25, -0.2) is 0 Å². The van der Waals surface area contributed by atoms with E-state index in [0.29, 0.717) is 31.6 Å². The van der Waals surface area contributed by atoms with Gasteiger partial charge < -0.3 is 14.6 Å². The molecule has 6 heteroatoms. The van der Waals surface area contributed by atoms with Crippen molar-refractivity contribution in [3.63, 3.8) is 0 Å². The van der Waals surface area contributed by atoms with E-state index >= 15 is 0 Å². The first kappa shape index (κ1) is 21.1. The van der Waals surface area contributed by atoms with E-state index in [0.717, 1.165) is 30.5 Å². The monoisotopic (exact) mass is 419 g/mol. The molecule has 0 N–H and O–H groups in total. The van der Waals surface area contributed by atoms with Gasteiger partial charge in [-0.05, 0) is 37.0 Å². The van der Waals surface area contributed by atoms with Crippen LogP contribution in [0.5, 0.6) is 0 Å². The molecular weight excluding hydrogens is 390 g/mol. The maximum absolute atomic E-state index is 13.3. The minimum absolute atomic E-state index is 0.00404. The van der Waals surface area contributed by atoms with E-state index in [9.17, 15) is 9.59 Å². The highest BCUT2D eigenvalue weighted by Gasteiger charge is 2.36. The number of carbonyl (C=O) groups is 2. The smallest absolute Gasteiger partial charge is 0.267 e. The van der Waals surface area contributed by atoms with Crippen LogP contribution in [-0.2, 0) is 9.63 Å². The summed E-state index contributed by atoms with van der Waals surface area (Å²) < 4.78 is 0. The second kappa shape index (κ2) is 9.77. The highest BCUT2D eigenvalue weighted by Crippen LogP contribution is 2.24. The number of benzene rings is 2. The van der Waals surface area contributed by atoms with Gasteiger partial charge in [-0.2, -0.15) is 0 Å². The van der Waals surface area contributed by atoms with Gasteiger partial charge in [-0.1, -0.05) is 60.6 Å². The molecule has 0 bridgehead atoms. The minimum Gasteiger partial charge on any atom is -0.382 e. The maximum Gasteiger partial charge on any atom is 0.267 e. The molecule has 0 spiro atoms. The van der Waals surface area contributed by atoms with Crippen LogP contribution in [0.3, 0.4) is 0 Å². The molecule has 1 unspecified atom stereocenters. The fourth-order valence-corrected chi connectivity index (χ4v) is 4.35. The number of piperidine rings is 1. The topological polar surface area (TPSA) is 62.2 Å². The normalized spacial score (nSPS) is 18.9. The van der Waals surface area contributed by atoms with Crippen molar-refractivity contribution in [2.75, 3.05) is 19.6 Å². The van der Waals surface area contributed by atoms with Gasteiger partial charge >= 0.3 is 0 Å². The lowest BCUT2D eigenvalue weighted by Gasteiger charge is -2.39. The first-order valence-corrected chi connectivity index (χ1v) is 11.1. The summed E-state index contributed by atoms with van der Waals surface area (Å²) in [7, 11) is 0. The van der Waals surface area contributed by atoms with Crippen molar-refractivity contribution in [2.24, 2.45) is 5.16 Å². The minimum atomic E-state index is -0.564. The molecule has 2 aromatic rings. The fraction of sp³-hybridized carbons (Fsp3) is 0.400. The Balaban J connectivity index is 1.36. The van der Waals surface area contributed by atoms with Crippen molar-refractivity contribution in [2.45, 2.75) is 44.8 Å². The molecule has 1 saturated heterocycles. The lowest BCUT2D eigenvalue weighted by Crippen LogP contribution is -2.51. The van der Waals surface area contributed by atoms with Crippen LogP contribution < -0.4 is 0 Å². The largest absolute Gasteiger partial charge is 0.382 e. The van der Waals surface area contributed by atoms with Gasteiger partial charge in [0, 0.05) is 37.7 Å². The molecule has 4 rings (SSSR count). The Morgan fingerprint density at radius 3 is 2.32 bits per heavy atom. The van der Waals surface area contributed by atoms with Gasteiger partial charge in [0.15, 0.2) is 0 Å². The Morgan fingerprint density at radius 2 is 1.68 bits per heavy atom. The number of oxime groups is 1. The molecule has 2 aliphatic heterocycles. The Labute approximate surface area is 183 Å². The van der Waals surface area contributed by atoms with Crippen molar-refractivity contribution in [3.05, 3.63) is 71.8 Å². The highest BCUT2D eigenvalue weighted by atomic mass is 16.6. The number of hydrogen-bond donors (Lipinski definition) is 0. The molecule has 6 nitrogen and oxygen atoms in total. The number of hydrogen-bond acceptors (Lipinski definition) is 4. The molecule has 1 atom stereocenters. The van der Waals surface area contributed by atoms with Crippen LogP contribution in [-0.4, -0.2) is 59.1 Å². The summed E-state index contributed by atoms with van der Waals surface area (Å²) in [6.07, 6.45) is 2.38. The first-order valence-electron chi connectivity index (χ1n) is 11.1. The summed E-state index contributed by atoms with van der Waals surface area (Å²) in [5, 5.41) is 4.18. The predicted molar refractivity (Wildman–Crippen MR) is 120 cm³/mol. The third kappa shape index (κ3) is 4.79. The van der Waals surface area contributed by atoms with Crippen molar-refractivity contribution in [1.82, 2.24) is 9.80 Å². The fourth-order valence-electron chi connectivity index (χ4n) is 4.35. The van der Waals surface area contributed by atoms with Gasteiger partial charge in [0.05, 0.1) is 5.71 Å². The third-order valence-electron chi connectivity index (χ3n) is 6.01. The summed E-state index contributed by atoms with van der Waals surface area (Å²) >= 11 is 0. The summed E-state index contributed by atoms with van der Waals surface area (Å²) in [6.45, 7) is 4.08. The molecular formula is C25H29N3O3. The Bertz CT molecular complexity index is 922. The molecule has 31 heavy (non-hydrogen) atoms. The number of nitrogens with zero attached hydrogens (tertiary/aromatic N) is 3. The van der Waals surface area contributed by atoms with E-state index in [1.807, 2.05) is 70.5 Å². The summed E-state index contributed by atoms with van der Waals surface area (Å²) in [5.74, 6) is 0.0665. The Hall–Kier alpha value is -3.15. The van der Waals surface area contributed by atoms with Gasteiger partial charge in [0.2, 0.25) is 6.10 Å². The second-order valence-electron chi connectivity index (χ2n) is 8.12. The molecule has 2 aliphatic rings. The first-order chi connectivity index (χ1) is 15.2. The zero-order chi connectivity index (χ0) is 21.6. The number of amides is 2. The molecule has 162 valence electrons. The average Bonchev–Trinajstić information content (AvgIpc) is 3.33. The lowest BCUT2D eigenvalue weighted by atomic mass is 9.99. The molecule has 1 fully saturated rings. The summed E-state index contributed by atoms with van der Waals surface area (Å²) in [4.78, 5) is 35.4. The van der Waals surface area contributed by atoms with E-state index in [1.165, 1.54) is 0 Å². The molecule has 2 heterocycles. The van der Waals surface area contributed by atoms with Crippen LogP contribution in [0, 0.1) is 0 Å². The van der Waals surface area contributed by atoms with Crippen molar-refractivity contribution in [3.8, 4) is 0 Å². The summed E-state index contributed by atoms with van der Waals surface area (Å²) in [6, 6.07) is 19.3. The van der Waals surface area contributed by atoms with Crippen molar-refractivity contribution < 1.29 is 14.4 Å². The summed E-state index contributed by atoms with van der Waals surface area (Å²) in [5.41, 5.74) is 2.53. The molecule has 2 amide bonds. The van der Waals surface area contributed by atoms with Crippen LogP contribution >= 0.6 is 0 Å². The molecule has 0 saturated carbocycles. The van der Waals surface area contributed by atoms with Crippen LogP contribution in [0.15, 0.2) is 65.8 Å². The van der Waals surface area contributed by atoms with Gasteiger partial charge in [-0.15, -0.1) is 0 Å². The van der Waals surface area contributed by atoms with Crippen molar-refractivity contribution >= 4 is 17.5 Å². The van der Waals surface area contributed by atoms with Crippen LogP contribution in [0.4, 0.5) is 0 Å². The molecule has 0 aliphatic carbocycles. The third-order valence-corrected chi connectivity index (χ3v) is 6.01. The number of carbonyl (C=O) groups excluding carboxylic acids is 2. The molecule has 0 radical (unpaired) electrons. The Morgan fingerprint density at radius 1 is 1.03 bits per heavy atom. The quantitative estimate of drug-likeness (QED) is 0.717. The molecule has 0 aromatic heterocycles. The lowest BCUT2D eigenvalue weighted by molar-refractivity contribution is -0.145. The highest BCUT2D eigenvalue weighted by molar-refractivity contribution is 6.04. The van der Waals surface area contributed by atoms with Gasteiger partial charge in [0.1, 0.15) is 0 Å². The van der Waals surface area contributed by atoms with E-state index < -0.39 is 6.10 Å². The maximum atomic E-state index is 13.3. The zero-order valence-corrected chi connectivity index (χ0v) is 17.9. The predicted octanol–water partition coefficient (Wildman–Crippen LogP) is 3.72. The SMILES string of the molecule is CCCN(C(=O)C1CC(c2ccccc2)=NO1)C1CCN(C(=O)c2ccccc2)CC1. The van der Waals surface area contributed by atoms with Crippen molar-refractivity contribution in [1.29, 1.82) is 0 Å². The van der Waals surface area contributed by atoms with Gasteiger partial charge in [-0.3, -0.25) is 9.59 Å². The van der Waals surface area contributed by atoms with Crippen LogP contribution in [0.1, 0.15) is 48.5 Å². The van der Waals surface area contributed by atoms with E-state index in [-0.39, 0.29) is 17.9 Å². The average molecular weight is 420 g/mol.